The van der Waals surface area contributed by atoms with Gasteiger partial charge in [-0.25, -0.2) is 0 Å². The Morgan fingerprint density at radius 2 is 2.21 bits per heavy atom. The Bertz CT molecular complexity index is 421. The maximum atomic E-state index is 12.1. The van der Waals surface area contributed by atoms with Gasteiger partial charge >= 0.3 is 0 Å². The first-order valence-corrected chi connectivity index (χ1v) is 7.34. The summed E-state index contributed by atoms with van der Waals surface area (Å²) < 4.78 is 10.5. The van der Waals surface area contributed by atoms with E-state index in [0.717, 1.165) is 10.6 Å². The number of benzene rings is 1. The maximum Gasteiger partial charge on any atom is 0.233 e. The summed E-state index contributed by atoms with van der Waals surface area (Å²) in [4.78, 5) is 15.0. The van der Waals surface area contributed by atoms with Gasteiger partial charge in [0.2, 0.25) is 5.91 Å². The zero-order chi connectivity index (χ0) is 13.7. The van der Waals surface area contributed by atoms with Crippen molar-refractivity contribution >= 4 is 17.7 Å². The fourth-order valence-corrected chi connectivity index (χ4v) is 2.75. The first-order chi connectivity index (χ1) is 9.19. The van der Waals surface area contributed by atoms with Gasteiger partial charge in [-0.2, -0.15) is 0 Å². The fourth-order valence-electron chi connectivity index (χ4n) is 1.95. The second kappa shape index (κ2) is 6.82. The van der Waals surface area contributed by atoms with Gasteiger partial charge in [0.05, 0.1) is 25.6 Å². The van der Waals surface area contributed by atoms with Crippen molar-refractivity contribution in [3.8, 4) is 5.75 Å². The molecule has 1 saturated heterocycles. The van der Waals surface area contributed by atoms with Crippen LogP contribution in [0.4, 0.5) is 0 Å². The second-order valence-electron chi connectivity index (χ2n) is 4.49. The van der Waals surface area contributed by atoms with Crippen molar-refractivity contribution in [1.29, 1.82) is 0 Å². The molecule has 1 aromatic rings. The molecule has 19 heavy (non-hydrogen) atoms. The van der Waals surface area contributed by atoms with Crippen LogP contribution in [0.2, 0.25) is 0 Å². The molecule has 1 amide bonds. The predicted octanol–water partition coefficient (Wildman–Crippen LogP) is 2.03. The molecule has 4 nitrogen and oxygen atoms in total. The highest BCUT2D eigenvalue weighted by Gasteiger charge is 2.21. The van der Waals surface area contributed by atoms with Crippen molar-refractivity contribution in [3.63, 3.8) is 0 Å². The molecule has 0 N–H and O–H groups in total. The van der Waals surface area contributed by atoms with E-state index in [2.05, 4.69) is 0 Å². The zero-order valence-electron chi connectivity index (χ0n) is 11.3. The van der Waals surface area contributed by atoms with Crippen LogP contribution in [0.1, 0.15) is 6.92 Å². The molecule has 1 aliphatic heterocycles. The van der Waals surface area contributed by atoms with Crippen LogP contribution in [0.25, 0.3) is 0 Å². The Balaban J connectivity index is 1.82. The van der Waals surface area contributed by atoms with E-state index in [-0.39, 0.29) is 12.0 Å². The summed E-state index contributed by atoms with van der Waals surface area (Å²) >= 11 is 1.56. The summed E-state index contributed by atoms with van der Waals surface area (Å²) in [6.07, 6.45) is 0.142. The molecule has 0 aromatic heterocycles. The molecule has 1 unspecified atom stereocenters. The van der Waals surface area contributed by atoms with Crippen LogP contribution < -0.4 is 4.74 Å². The molecule has 1 aromatic carbocycles. The first kappa shape index (κ1) is 14.2. The van der Waals surface area contributed by atoms with Gasteiger partial charge in [-0.1, -0.05) is 0 Å². The van der Waals surface area contributed by atoms with Gasteiger partial charge < -0.3 is 14.4 Å². The minimum Gasteiger partial charge on any atom is -0.497 e. The zero-order valence-corrected chi connectivity index (χ0v) is 12.1. The highest BCUT2D eigenvalue weighted by atomic mass is 32.2. The molecule has 0 spiro atoms. The minimum absolute atomic E-state index is 0.142. The molecule has 0 bridgehead atoms. The third-order valence-corrected chi connectivity index (χ3v) is 4.01. The van der Waals surface area contributed by atoms with Gasteiger partial charge in [0.15, 0.2) is 0 Å². The van der Waals surface area contributed by atoms with E-state index in [1.807, 2.05) is 36.1 Å². The van der Waals surface area contributed by atoms with Crippen molar-refractivity contribution in [3.05, 3.63) is 24.3 Å². The van der Waals surface area contributed by atoms with Crippen molar-refractivity contribution in [2.24, 2.45) is 0 Å². The number of morpholine rings is 1. The molecule has 5 heteroatoms. The molecular formula is C14H19NO3S. The van der Waals surface area contributed by atoms with Gasteiger partial charge in [0, 0.05) is 18.0 Å². The van der Waals surface area contributed by atoms with E-state index in [1.165, 1.54) is 0 Å². The summed E-state index contributed by atoms with van der Waals surface area (Å²) in [5.74, 6) is 1.48. The molecular weight excluding hydrogens is 262 g/mol. The maximum absolute atomic E-state index is 12.1. The average Bonchev–Trinajstić information content (AvgIpc) is 2.45. The fraction of sp³-hybridized carbons (Fsp3) is 0.500. The van der Waals surface area contributed by atoms with Crippen LogP contribution in [0.3, 0.4) is 0 Å². The average molecular weight is 281 g/mol. The number of nitrogens with zero attached hydrogens (tertiary/aromatic N) is 1. The SMILES string of the molecule is COc1ccc(SCC(=O)N2CCOC(C)C2)cc1. The molecule has 104 valence electrons. The Hall–Kier alpha value is -1.20. The van der Waals surface area contributed by atoms with E-state index in [0.29, 0.717) is 25.4 Å². The molecule has 0 aliphatic carbocycles. The summed E-state index contributed by atoms with van der Waals surface area (Å²) in [5, 5.41) is 0. The van der Waals surface area contributed by atoms with Gasteiger partial charge in [-0.05, 0) is 31.2 Å². The predicted molar refractivity (Wildman–Crippen MR) is 75.7 cm³/mol. The quantitative estimate of drug-likeness (QED) is 0.792. The van der Waals surface area contributed by atoms with E-state index in [1.54, 1.807) is 18.9 Å². The normalized spacial score (nSPS) is 19.3. The minimum atomic E-state index is 0.142. The van der Waals surface area contributed by atoms with Crippen LogP contribution in [0.15, 0.2) is 29.2 Å². The smallest absolute Gasteiger partial charge is 0.233 e. The summed E-state index contributed by atoms with van der Waals surface area (Å²) in [5.41, 5.74) is 0. The number of amides is 1. The summed E-state index contributed by atoms with van der Waals surface area (Å²) in [6, 6.07) is 7.75. The Morgan fingerprint density at radius 3 is 2.84 bits per heavy atom. The van der Waals surface area contributed by atoms with E-state index in [9.17, 15) is 4.79 Å². The molecule has 0 saturated carbocycles. The molecule has 1 aliphatic rings. The Morgan fingerprint density at radius 1 is 1.47 bits per heavy atom. The lowest BCUT2D eigenvalue weighted by Crippen LogP contribution is -2.45. The lowest BCUT2D eigenvalue weighted by atomic mass is 10.3. The summed E-state index contributed by atoms with van der Waals surface area (Å²) in [6.45, 7) is 4.03. The van der Waals surface area contributed by atoms with Crippen LogP contribution in [0, 0.1) is 0 Å². The monoisotopic (exact) mass is 281 g/mol. The topological polar surface area (TPSA) is 38.8 Å². The van der Waals surface area contributed by atoms with Gasteiger partial charge in [0.25, 0.3) is 0 Å². The Labute approximate surface area is 118 Å². The lowest BCUT2D eigenvalue weighted by molar-refractivity contribution is -0.135. The number of hydrogen-bond acceptors (Lipinski definition) is 4. The van der Waals surface area contributed by atoms with Crippen molar-refractivity contribution in [1.82, 2.24) is 4.90 Å². The van der Waals surface area contributed by atoms with E-state index in [4.69, 9.17) is 9.47 Å². The third kappa shape index (κ3) is 4.14. The second-order valence-corrected chi connectivity index (χ2v) is 5.53. The highest BCUT2D eigenvalue weighted by Crippen LogP contribution is 2.21. The van der Waals surface area contributed by atoms with Crippen LogP contribution in [-0.2, 0) is 9.53 Å². The largest absolute Gasteiger partial charge is 0.497 e. The van der Waals surface area contributed by atoms with Gasteiger partial charge in [-0.15, -0.1) is 11.8 Å². The molecule has 1 heterocycles. The highest BCUT2D eigenvalue weighted by molar-refractivity contribution is 8.00. The van der Waals surface area contributed by atoms with Crippen molar-refractivity contribution in [2.75, 3.05) is 32.6 Å². The number of thioether (sulfide) groups is 1. The third-order valence-electron chi connectivity index (χ3n) is 3.02. The van der Waals surface area contributed by atoms with Crippen LogP contribution >= 0.6 is 11.8 Å². The Kier molecular flexibility index (Phi) is 5.10. The van der Waals surface area contributed by atoms with E-state index >= 15 is 0 Å². The first-order valence-electron chi connectivity index (χ1n) is 6.35. The number of methoxy groups -OCH3 is 1. The number of ether oxygens (including phenoxy) is 2. The standard InChI is InChI=1S/C14H19NO3S/c1-11-9-15(7-8-18-11)14(16)10-19-13-5-3-12(17-2)4-6-13/h3-6,11H,7-10H2,1-2H3. The molecule has 1 atom stereocenters. The molecule has 2 rings (SSSR count). The van der Waals surface area contributed by atoms with Gasteiger partial charge in [0.1, 0.15) is 5.75 Å². The number of carbonyl (C=O) groups is 1. The van der Waals surface area contributed by atoms with Gasteiger partial charge in [-0.3, -0.25) is 4.79 Å². The van der Waals surface area contributed by atoms with Crippen molar-refractivity contribution < 1.29 is 14.3 Å². The van der Waals surface area contributed by atoms with Crippen LogP contribution in [0.5, 0.6) is 5.75 Å². The lowest BCUT2D eigenvalue weighted by Gasteiger charge is -2.31. The molecule has 0 radical (unpaired) electrons. The summed E-state index contributed by atoms with van der Waals surface area (Å²) in [7, 11) is 1.64. The van der Waals surface area contributed by atoms with E-state index < -0.39 is 0 Å². The van der Waals surface area contributed by atoms with Crippen molar-refractivity contribution in [2.45, 2.75) is 17.9 Å². The number of rotatable bonds is 4. The van der Waals surface area contributed by atoms with Crippen LogP contribution in [-0.4, -0.2) is 49.5 Å². The number of carbonyl (C=O) groups excluding carboxylic acids is 1. The molecule has 1 fully saturated rings. The number of hydrogen-bond donors (Lipinski definition) is 0.